The Kier molecular flexibility index (Phi) is 9.87. The number of nitrogens with zero attached hydrogens (tertiary/aromatic N) is 1. The molecule has 26 heavy (non-hydrogen) atoms. The predicted octanol–water partition coefficient (Wildman–Crippen LogP) is 4.66. The first-order chi connectivity index (χ1) is 12.1. The zero-order valence-electron chi connectivity index (χ0n) is 15.6. The van der Waals surface area contributed by atoms with Crippen molar-refractivity contribution in [3.63, 3.8) is 0 Å². The van der Waals surface area contributed by atoms with E-state index in [1.165, 1.54) is 0 Å². The Morgan fingerprint density at radius 1 is 1.12 bits per heavy atom. The lowest BCUT2D eigenvalue weighted by atomic mass is 10.1. The lowest BCUT2D eigenvalue weighted by Crippen LogP contribution is -2.22. The lowest BCUT2D eigenvalue weighted by Gasteiger charge is -2.12. The Balaban J connectivity index is 0.00000338. The van der Waals surface area contributed by atoms with E-state index in [9.17, 15) is 0 Å². The fourth-order valence-electron chi connectivity index (χ4n) is 2.21. The molecule has 0 aliphatic carbocycles. The van der Waals surface area contributed by atoms with Crippen molar-refractivity contribution in [1.82, 2.24) is 0 Å². The van der Waals surface area contributed by atoms with Crippen molar-refractivity contribution < 1.29 is 9.47 Å². The smallest absolute Gasteiger partial charge is 0.193 e. The molecule has 0 saturated heterocycles. The standard InChI is InChI=1S/C20H27N3O2.HI/c1-15(2)12-13-25-19-7-5-4-6-16(19)14-22-20(21)23-17-8-10-18(24-3)11-9-17;/h4-11,15H,12-14H2,1-3H3,(H3,21,22,23);1H. The number of hydrogen-bond acceptors (Lipinski definition) is 3. The van der Waals surface area contributed by atoms with Crippen molar-refractivity contribution >= 4 is 35.6 Å². The number of nitrogens with two attached hydrogens (primary N) is 1. The first-order valence-electron chi connectivity index (χ1n) is 8.50. The summed E-state index contributed by atoms with van der Waals surface area (Å²) in [6, 6.07) is 15.5. The molecule has 0 aliphatic heterocycles. The monoisotopic (exact) mass is 469 g/mol. The van der Waals surface area contributed by atoms with E-state index >= 15 is 0 Å². The van der Waals surface area contributed by atoms with Crippen molar-refractivity contribution in [2.24, 2.45) is 16.6 Å². The van der Waals surface area contributed by atoms with Crippen LogP contribution in [0, 0.1) is 5.92 Å². The van der Waals surface area contributed by atoms with Crippen LogP contribution in [-0.4, -0.2) is 19.7 Å². The average Bonchev–Trinajstić information content (AvgIpc) is 2.61. The van der Waals surface area contributed by atoms with E-state index in [1.807, 2.05) is 48.5 Å². The Morgan fingerprint density at radius 2 is 1.81 bits per heavy atom. The number of nitrogens with one attached hydrogen (secondary N) is 1. The van der Waals surface area contributed by atoms with Gasteiger partial charge in [0.2, 0.25) is 0 Å². The molecule has 0 spiro atoms. The third-order valence-electron chi connectivity index (χ3n) is 3.71. The molecule has 0 radical (unpaired) electrons. The van der Waals surface area contributed by atoms with E-state index in [4.69, 9.17) is 15.2 Å². The number of para-hydroxylation sites is 1. The number of hydrogen-bond donors (Lipinski definition) is 2. The largest absolute Gasteiger partial charge is 0.497 e. The van der Waals surface area contributed by atoms with Gasteiger partial charge < -0.3 is 20.5 Å². The first kappa shape index (κ1) is 22.1. The molecule has 5 nitrogen and oxygen atoms in total. The molecule has 0 amide bonds. The van der Waals surface area contributed by atoms with Gasteiger partial charge in [0.1, 0.15) is 11.5 Å². The maximum Gasteiger partial charge on any atom is 0.193 e. The van der Waals surface area contributed by atoms with Crippen molar-refractivity contribution in [1.29, 1.82) is 0 Å². The van der Waals surface area contributed by atoms with E-state index in [2.05, 4.69) is 24.2 Å². The van der Waals surface area contributed by atoms with Gasteiger partial charge in [0, 0.05) is 11.3 Å². The maximum atomic E-state index is 5.98. The number of rotatable bonds is 8. The molecule has 0 bridgehead atoms. The summed E-state index contributed by atoms with van der Waals surface area (Å²) in [5.41, 5.74) is 7.86. The molecule has 3 N–H and O–H groups in total. The highest BCUT2D eigenvalue weighted by atomic mass is 127. The minimum atomic E-state index is 0. The van der Waals surface area contributed by atoms with Crippen LogP contribution in [0.25, 0.3) is 0 Å². The minimum absolute atomic E-state index is 0. The molecule has 142 valence electrons. The molecule has 0 saturated carbocycles. The van der Waals surface area contributed by atoms with Crippen molar-refractivity contribution in [3.05, 3.63) is 54.1 Å². The normalized spacial score (nSPS) is 11.0. The van der Waals surface area contributed by atoms with Crippen LogP contribution >= 0.6 is 24.0 Å². The van der Waals surface area contributed by atoms with E-state index in [0.717, 1.165) is 29.2 Å². The predicted molar refractivity (Wildman–Crippen MR) is 119 cm³/mol. The second kappa shape index (κ2) is 11.6. The van der Waals surface area contributed by atoms with Crippen LogP contribution in [0.5, 0.6) is 11.5 Å². The van der Waals surface area contributed by atoms with Gasteiger partial charge in [-0.05, 0) is 42.7 Å². The zero-order valence-corrected chi connectivity index (χ0v) is 17.9. The number of halogens is 1. The lowest BCUT2D eigenvalue weighted by molar-refractivity contribution is 0.287. The molecule has 2 aromatic carbocycles. The van der Waals surface area contributed by atoms with Gasteiger partial charge in [-0.2, -0.15) is 0 Å². The maximum absolute atomic E-state index is 5.98. The van der Waals surface area contributed by atoms with Gasteiger partial charge in [-0.25, -0.2) is 4.99 Å². The molecular formula is C20H28IN3O2. The Bertz CT molecular complexity index is 688. The molecule has 0 fully saturated rings. The molecule has 0 aromatic heterocycles. The summed E-state index contributed by atoms with van der Waals surface area (Å²) >= 11 is 0. The summed E-state index contributed by atoms with van der Waals surface area (Å²) in [5, 5.41) is 3.07. The summed E-state index contributed by atoms with van der Waals surface area (Å²) < 4.78 is 11.0. The molecule has 2 aromatic rings. The first-order valence-corrected chi connectivity index (χ1v) is 8.50. The molecule has 0 unspecified atom stereocenters. The van der Waals surface area contributed by atoms with E-state index in [-0.39, 0.29) is 24.0 Å². The van der Waals surface area contributed by atoms with E-state index in [1.54, 1.807) is 7.11 Å². The second-order valence-corrected chi connectivity index (χ2v) is 6.19. The summed E-state index contributed by atoms with van der Waals surface area (Å²) in [4.78, 5) is 4.41. The average molecular weight is 469 g/mol. The van der Waals surface area contributed by atoms with Gasteiger partial charge in [0.25, 0.3) is 0 Å². The van der Waals surface area contributed by atoms with Gasteiger partial charge in [-0.15, -0.1) is 24.0 Å². The van der Waals surface area contributed by atoms with E-state index < -0.39 is 0 Å². The van der Waals surface area contributed by atoms with Gasteiger partial charge in [0.15, 0.2) is 5.96 Å². The third kappa shape index (κ3) is 7.51. The number of methoxy groups -OCH3 is 1. The Hall–Kier alpha value is -1.96. The highest BCUT2D eigenvalue weighted by molar-refractivity contribution is 14.0. The summed E-state index contributed by atoms with van der Waals surface area (Å²) in [6.45, 7) is 5.54. The molecular weight excluding hydrogens is 441 g/mol. The molecule has 6 heteroatoms. The number of benzene rings is 2. The van der Waals surface area contributed by atoms with Crippen LogP contribution in [0.4, 0.5) is 5.69 Å². The van der Waals surface area contributed by atoms with Crippen LogP contribution in [0.1, 0.15) is 25.8 Å². The van der Waals surface area contributed by atoms with Crippen LogP contribution in [0.15, 0.2) is 53.5 Å². The molecule has 0 heterocycles. The number of aliphatic imine (C=N–C) groups is 1. The summed E-state index contributed by atoms with van der Waals surface area (Å²) in [7, 11) is 1.64. The van der Waals surface area contributed by atoms with Gasteiger partial charge >= 0.3 is 0 Å². The quantitative estimate of drug-likeness (QED) is 0.335. The van der Waals surface area contributed by atoms with Crippen molar-refractivity contribution in [2.75, 3.05) is 19.0 Å². The summed E-state index contributed by atoms with van der Waals surface area (Å²) in [5.74, 6) is 2.65. The fourth-order valence-corrected chi connectivity index (χ4v) is 2.21. The van der Waals surface area contributed by atoms with Gasteiger partial charge in [0.05, 0.1) is 20.3 Å². The third-order valence-corrected chi connectivity index (χ3v) is 3.71. The highest BCUT2D eigenvalue weighted by Crippen LogP contribution is 2.20. The second-order valence-electron chi connectivity index (χ2n) is 6.19. The summed E-state index contributed by atoms with van der Waals surface area (Å²) in [6.07, 6.45) is 1.03. The van der Waals surface area contributed by atoms with Gasteiger partial charge in [-0.1, -0.05) is 32.0 Å². The van der Waals surface area contributed by atoms with E-state index in [0.29, 0.717) is 25.0 Å². The van der Waals surface area contributed by atoms with Crippen LogP contribution in [0.3, 0.4) is 0 Å². The van der Waals surface area contributed by atoms with Gasteiger partial charge in [-0.3, -0.25) is 0 Å². The SMILES string of the molecule is COc1ccc(NC(N)=NCc2ccccc2OCCC(C)C)cc1.I. The Morgan fingerprint density at radius 3 is 2.46 bits per heavy atom. The fraction of sp³-hybridized carbons (Fsp3) is 0.350. The van der Waals surface area contributed by atoms with Crippen molar-refractivity contribution in [3.8, 4) is 11.5 Å². The zero-order chi connectivity index (χ0) is 18.1. The number of anilines is 1. The topological polar surface area (TPSA) is 68.9 Å². The van der Waals surface area contributed by atoms with Crippen molar-refractivity contribution in [2.45, 2.75) is 26.8 Å². The minimum Gasteiger partial charge on any atom is -0.497 e. The number of ether oxygens (including phenoxy) is 2. The highest BCUT2D eigenvalue weighted by Gasteiger charge is 2.04. The van der Waals surface area contributed by atoms with Crippen LogP contribution in [-0.2, 0) is 6.54 Å². The number of guanidine groups is 1. The Labute approximate surface area is 173 Å². The van der Waals surface area contributed by atoms with Crippen LogP contribution in [0.2, 0.25) is 0 Å². The van der Waals surface area contributed by atoms with Crippen LogP contribution < -0.4 is 20.5 Å². The molecule has 0 aliphatic rings. The molecule has 2 rings (SSSR count). The molecule has 0 atom stereocenters.